The minimum absolute atomic E-state index is 0.0698. The molecular weight excluding hydrogens is 244 g/mol. The number of carboxylic acid groups (broad SMARTS) is 1. The Morgan fingerprint density at radius 1 is 1.37 bits per heavy atom. The van der Waals surface area contributed by atoms with Crippen LogP contribution in [0, 0.1) is 17.8 Å². The molecule has 1 amide bonds. The van der Waals surface area contributed by atoms with Gasteiger partial charge in [-0.15, -0.1) is 0 Å². The fourth-order valence-electron chi connectivity index (χ4n) is 2.32. The van der Waals surface area contributed by atoms with Gasteiger partial charge in [0.15, 0.2) is 0 Å². The second-order valence-electron chi connectivity index (χ2n) is 5.49. The van der Waals surface area contributed by atoms with Gasteiger partial charge in [-0.3, -0.25) is 9.59 Å². The zero-order valence-corrected chi connectivity index (χ0v) is 11.9. The SMILES string of the molecule is CCC(CCNC(=O)C(C)C1CNC1)CCC(=O)O. The molecule has 1 aliphatic rings. The van der Waals surface area contributed by atoms with Gasteiger partial charge in [0.05, 0.1) is 0 Å². The van der Waals surface area contributed by atoms with E-state index in [0.29, 0.717) is 24.8 Å². The van der Waals surface area contributed by atoms with Crippen molar-refractivity contribution >= 4 is 11.9 Å². The summed E-state index contributed by atoms with van der Waals surface area (Å²) in [7, 11) is 0. The van der Waals surface area contributed by atoms with Crippen molar-refractivity contribution in [2.75, 3.05) is 19.6 Å². The van der Waals surface area contributed by atoms with Crippen molar-refractivity contribution in [2.24, 2.45) is 17.8 Å². The molecule has 5 heteroatoms. The van der Waals surface area contributed by atoms with Gasteiger partial charge in [-0.25, -0.2) is 0 Å². The van der Waals surface area contributed by atoms with Gasteiger partial charge in [0.1, 0.15) is 0 Å². The van der Waals surface area contributed by atoms with E-state index in [1.165, 1.54) is 0 Å². The maximum absolute atomic E-state index is 11.9. The Hall–Kier alpha value is -1.10. The lowest BCUT2D eigenvalue weighted by molar-refractivity contribution is -0.137. The minimum Gasteiger partial charge on any atom is -0.481 e. The van der Waals surface area contributed by atoms with Crippen LogP contribution < -0.4 is 10.6 Å². The van der Waals surface area contributed by atoms with Gasteiger partial charge in [-0.2, -0.15) is 0 Å². The van der Waals surface area contributed by atoms with Crippen LogP contribution in [0.15, 0.2) is 0 Å². The molecule has 0 bridgehead atoms. The van der Waals surface area contributed by atoms with Crippen LogP contribution in [-0.2, 0) is 9.59 Å². The second-order valence-corrected chi connectivity index (χ2v) is 5.49. The van der Waals surface area contributed by atoms with Crippen molar-refractivity contribution in [3.8, 4) is 0 Å². The van der Waals surface area contributed by atoms with Crippen LogP contribution in [0.4, 0.5) is 0 Å². The molecule has 0 spiro atoms. The number of carboxylic acids is 1. The summed E-state index contributed by atoms with van der Waals surface area (Å²) in [5.41, 5.74) is 0. The summed E-state index contributed by atoms with van der Waals surface area (Å²) in [6.07, 6.45) is 2.75. The molecule has 19 heavy (non-hydrogen) atoms. The number of carbonyl (C=O) groups excluding carboxylic acids is 1. The van der Waals surface area contributed by atoms with Crippen molar-refractivity contribution in [3.05, 3.63) is 0 Å². The summed E-state index contributed by atoms with van der Waals surface area (Å²) < 4.78 is 0. The summed E-state index contributed by atoms with van der Waals surface area (Å²) in [6, 6.07) is 0. The highest BCUT2D eigenvalue weighted by atomic mass is 16.4. The first-order valence-electron chi connectivity index (χ1n) is 7.24. The highest BCUT2D eigenvalue weighted by Gasteiger charge is 2.28. The van der Waals surface area contributed by atoms with Gasteiger partial charge < -0.3 is 15.7 Å². The molecule has 5 nitrogen and oxygen atoms in total. The number of hydrogen-bond acceptors (Lipinski definition) is 3. The van der Waals surface area contributed by atoms with E-state index in [0.717, 1.165) is 25.9 Å². The molecular formula is C14H26N2O3. The van der Waals surface area contributed by atoms with E-state index < -0.39 is 5.97 Å². The molecule has 0 saturated carbocycles. The summed E-state index contributed by atoms with van der Waals surface area (Å²) >= 11 is 0. The predicted octanol–water partition coefficient (Wildman–Crippen LogP) is 1.24. The fourth-order valence-corrected chi connectivity index (χ4v) is 2.32. The lowest BCUT2D eigenvalue weighted by Crippen LogP contribution is -2.49. The van der Waals surface area contributed by atoms with Crippen LogP contribution in [0.1, 0.15) is 39.5 Å². The molecule has 110 valence electrons. The number of hydrogen-bond donors (Lipinski definition) is 3. The van der Waals surface area contributed by atoms with E-state index in [-0.39, 0.29) is 18.2 Å². The first kappa shape index (κ1) is 16.0. The van der Waals surface area contributed by atoms with E-state index in [1.807, 2.05) is 6.92 Å². The normalized spacial score (nSPS) is 18.4. The third kappa shape index (κ3) is 5.59. The first-order chi connectivity index (χ1) is 9.04. The van der Waals surface area contributed by atoms with E-state index >= 15 is 0 Å². The molecule has 2 unspecified atom stereocenters. The largest absolute Gasteiger partial charge is 0.481 e. The third-order valence-electron chi connectivity index (χ3n) is 4.13. The predicted molar refractivity (Wildman–Crippen MR) is 73.8 cm³/mol. The molecule has 1 fully saturated rings. The Balaban J connectivity index is 2.16. The Morgan fingerprint density at radius 3 is 2.53 bits per heavy atom. The van der Waals surface area contributed by atoms with Gasteiger partial charge >= 0.3 is 5.97 Å². The van der Waals surface area contributed by atoms with E-state index in [1.54, 1.807) is 0 Å². The van der Waals surface area contributed by atoms with Crippen molar-refractivity contribution < 1.29 is 14.7 Å². The molecule has 1 saturated heterocycles. The van der Waals surface area contributed by atoms with Crippen LogP contribution in [0.5, 0.6) is 0 Å². The van der Waals surface area contributed by atoms with E-state index in [9.17, 15) is 9.59 Å². The van der Waals surface area contributed by atoms with Crippen molar-refractivity contribution in [3.63, 3.8) is 0 Å². The number of aliphatic carboxylic acids is 1. The molecule has 1 heterocycles. The third-order valence-corrected chi connectivity index (χ3v) is 4.13. The summed E-state index contributed by atoms with van der Waals surface area (Å²) in [5.74, 6) is 0.305. The lowest BCUT2D eigenvalue weighted by atomic mass is 9.88. The van der Waals surface area contributed by atoms with Gasteiger partial charge in [0, 0.05) is 18.9 Å². The molecule has 0 aliphatic carbocycles. The molecule has 2 atom stereocenters. The average Bonchev–Trinajstić information content (AvgIpc) is 2.30. The first-order valence-corrected chi connectivity index (χ1v) is 7.24. The summed E-state index contributed by atoms with van der Waals surface area (Å²) in [6.45, 7) is 6.57. The van der Waals surface area contributed by atoms with Crippen molar-refractivity contribution in [1.82, 2.24) is 10.6 Å². The van der Waals surface area contributed by atoms with Gasteiger partial charge in [-0.1, -0.05) is 20.3 Å². The van der Waals surface area contributed by atoms with Gasteiger partial charge in [0.25, 0.3) is 0 Å². The maximum atomic E-state index is 11.9. The maximum Gasteiger partial charge on any atom is 0.303 e. The smallest absolute Gasteiger partial charge is 0.303 e. The number of amides is 1. The molecule has 3 N–H and O–H groups in total. The molecule has 1 rings (SSSR count). The Kier molecular flexibility index (Phi) is 6.84. The highest BCUT2D eigenvalue weighted by Crippen LogP contribution is 2.17. The molecule has 1 aliphatic heterocycles. The number of carbonyl (C=O) groups is 2. The molecule has 0 aromatic carbocycles. The Labute approximate surface area is 115 Å². The van der Waals surface area contributed by atoms with Gasteiger partial charge in [-0.05, 0) is 37.8 Å². The van der Waals surface area contributed by atoms with Crippen LogP contribution in [0.3, 0.4) is 0 Å². The molecule has 0 aromatic heterocycles. The van der Waals surface area contributed by atoms with E-state index in [4.69, 9.17) is 5.11 Å². The molecule has 0 radical (unpaired) electrons. The topological polar surface area (TPSA) is 78.4 Å². The Bertz CT molecular complexity index is 303. The van der Waals surface area contributed by atoms with E-state index in [2.05, 4.69) is 17.6 Å². The fraction of sp³-hybridized carbons (Fsp3) is 0.857. The highest BCUT2D eigenvalue weighted by molar-refractivity contribution is 5.78. The second kappa shape index (κ2) is 8.15. The van der Waals surface area contributed by atoms with Gasteiger partial charge in [0.2, 0.25) is 5.91 Å². The van der Waals surface area contributed by atoms with Crippen LogP contribution >= 0.6 is 0 Å². The van der Waals surface area contributed by atoms with Crippen LogP contribution in [0.25, 0.3) is 0 Å². The molecule has 0 aromatic rings. The zero-order valence-electron chi connectivity index (χ0n) is 11.9. The average molecular weight is 270 g/mol. The zero-order chi connectivity index (χ0) is 14.3. The standard InChI is InChI=1S/C14H26N2O3/c1-3-11(4-5-13(17)18)6-7-16-14(19)10(2)12-8-15-9-12/h10-12,15H,3-9H2,1-2H3,(H,16,19)(H,17,18). The van der Waals surface area contributed by atoms with Crippen molar-refractivity contribution in [1.29, 1.82) is 0 Å². The lowest BCUT2D eigenvalue weighted by Gasteiger charge is -2.31. The number of nitrogens with one attached hydrogen (secondary N) is 2. The summed E-state index contributed by atoms with van der Waals surface area (Å²) in [5, 5.41) is 14.8. The minimum atomic E-state index is -0.742. The monoisotopic (exact) mass is 270 g/mol. The Morgan fingerprint density at radius 2 is 2.05 bits per heavy atom. The van der Waals surface area contributed by atoms with Crippen LogP contribution in [-0.4, -0.2) is 36.6 Å². The summed E-state index contributed by atoms with van der Waals surface area (Å²) in [4.78, 5) is 22.4. The quantitative estimate of drug-likeness (QED) is 0.589. The van der Waals surface area contributed by atoms with Crippen molar-refractivity contribution in [2.45, 2.75) is 39.5 Å². The number of rotatable bonds is 9. The van der Waals surface area contributed by atoms with Crippen LogP contribution in [0.2, 0.25) is 0 Å².